The highest BCUT2D eigenvalue weighted by Gasteiger charge is 2.48. The number of hydrazine groups is 1. The third-order valence-corrected chi connectivity index (χ3v) is 7.23. The summed E-state index contributed by atoms with van der Waals surface area (Å²) >= 11 is 0. The maximum atomic E-state index is 14.2. The van der Waals surface area contributed by atoms with E-state index in [1.807, 2.05) is 29.1 Å². The van der Waals surface area contributed by atoms with Crippen molar-refractivity contribution in [2.75, 3.05) is 7.05 Å². The number of amides is 1. The van der Waals surface area contributed by atoms with Crippen LogP contribution < -0.4 is 5.32 Å². The lowest BCUT2D eigenvalue weighted by Gasteiger charge is -2.39. The van der Waals surface area contributed by atoms with E-state index in [1.165, 1.54) is 6.20 Å². The molecule has 180 valence electrons. The van der Waals surface area contributed by atoms with Gasteiger partial charge in [-0.25, -0.2) is 28.2 Å². The molecule has 1 unspecified atom stereocenters. The molecule has 0 spiro atoms. The number of hydrogen-bond acceptors (Lipinski definition) is 4. The van der Waals surface area contributed by atoms with Gasteiger partial charge in [-0.1, -0.05) is 0 Å². The second-order valence-corrected chi connectivity index (χ2v) is 9.35. The first-order valence-corrected chi connectivity index (χ1v) is 11.7. The third kappa shape index (κ3) is 3.57. The van der Waals surface area contributed by atoms with E-state index >= 15 is 0 Å². The van der Waals surface area contributed by atoms with Gasteiger partial charge in [0.25, 0.3) is 5.91 Å². The molecule has 6 nitrogen and oxygen atoms in total. The number of benzene rings is 1. The molecule has 3 aliphatic heterocycles. The predicted molar refractivity (Wildman–Crippen MR) is 123 cm³/mol. The molecule has 3 aliphatic rings. The standard InChI is InChI=1S/C26H24F3N5O/c1-32-24(16-11-19(27)23(29)20(28)12-16)18-13-17-5-4-6-21(31-17)25(18)34(32)26(35)15-7-8-22(30-14-15)33-9-2-3-10-33/h2-3,7-12,14,17,21,24,31H,4-6,13H2,1H3/t17-,21+,24?/m1/s1. The molecule has 6 rings (SSSR count). The fourth-order valence-electron chi connectivity index (χ4n) is 5.71. The van der Waals surface area contributed by atoms with Crippen LogP contribution in [0.1, 0.15) is 47.6 Å². The van der Waals surface area contributed by atoms with Crippen LogP contribution in [-0.2, 0) is 0 Å². The number of nitrogens with zero attached hydrogens (tertiary/aromatic N) is 4. The number of piperidine rings is 1. The van der Waals surface area contributed by atoms with Crippen molar-refractivity contribution < 1.29 is 18.0 Å². The van der Waals surface area contributed by atoms with Crippen LogP contribution in [0.3, 0.4) is 0 Å². The highest BCUT2D eigenvalue weighted by Crippen LogP contribution is 2.47. The van der Waals surface area contributed by atoms with Crippen molar-refractivity contribution >= 4 is 5.91 Å². The Morgan fingerprint density at radius 3 is 2.51 bits per heavy atom. The van der Waals surface area contributed by atoms with Crippen LogP contribution in [0.25, 0.3) is 5.82 Å². The number of rotatable bonds is 3. The summed E-state index contributed by atoms with van der Waals surface area (Å²) < 4.78 is 44.0. The monoisotopic (exact) mass is 479 g/mol. The lowest BCUT2D eigenvalue weighted by molar-refractivity contribution is 0.0209. The van der Waals surface area contributed by atoms with E-state index in [9.17, 15) is 18.0 Å². The Kier molecular flexibility index (Phi) is 5.26. The fourth-order valence-corrected chi connectivity index (χ4v) is 5.71. The van der Waals surface area contributed by atoms with Gasteiger partial charge in [0.1, 0.15) is 5.82 Å². The Balaban J connectivity index is 1.41. The van der Waals surface area contributed by atoms with Crippen molar-refractivity contribution in [2.24, 2.45) is 0 Å². The molecule has 1 aromatic carbocycles. The maximum Gasteiger partial charge on any atom is 0.274 e. The minimum absolute atomic E-state index is 0.0452. The van der Waals surface area contributed by atoms with Crippen molar-refractivity contribution in [1.82, 2.24) is 24.9 Å². The fraction of sp³-hybridized carbons (Fsp3) is 0.308. The zero-order chi connectivity index (χ0) is 24.3. The molecular formula is C26H24F3N5O. The van der Waals surface area contributed by atoms with E-state index in [-0.39, 0.29) is 23.6 Å². The summed E-state index contributed by atoms with van der Waals surface area (Å²) in [7, 11) is 1.73. The van der Waals surface area contributed by atoms with Gasteiger partial charge >= 0.3 is 0 Å². The van der Waals surface area contributed by atoms with Gasteiger partial charge in [-0.2, -0.15) is 0 Å². The van der Waals surface area contributed by atoms with Crippen molar-refractivity contribution in [3.8, 4) is 5.82 Å². The molecule has 0 saturated carbocycles. The van der Waals surface area contributed by atoms with Crippen LogP contribution in [0.4, 0.5) is 13.2 Å². The Hall–Kier alpha value is -3.43. The quantitative estimate of drug-likeness (QED) is 0.562. The van der Waals surface area contributed by atoms with Crippen LogP contribution in [0.2, 0.25) is 0 Å². The first kappa shape index (κ1) is 22.1. The molecule has 1 amide bonds. The van der Waals surface area contributed by atoms with Crippen molar-refractivity contribution in [1.29, 1.82) is 0 Å². The van der Waals surface area contributed by atoms with Crippen LogP contribution in [0, 0.1) is 17.5 Å². The lowest BCUT2D eigenvalue weighted by Crippen LogP contribution is -2.51. The Morgan fingerprint density at radius 1 is 1.09 bits per heavy atom. The van der Waals surface area contributed by atoms with Gasteiger partial charge in [0.2, 0.25) is 0 Å². The van der Waals surface area contributed by atoms with Gasteiger partial charge < -0.3 is 9.88 Å². The zero-order valence-corrected chi connectivity index (χ0v) is 19.1. The second kappa shape index (κ2) is 8.35. The SMILES string of the molecule is CN1C(c2cc(F)c(F)c(F)c2)C2=C([C@@H]3CCC[C@H](C2)N3)N1C(=O)c1ccc(-n2cccc2)nc1. The van der Waals surface area contributed by atoms with E-state index in [0.29, 0.717) is 17.8 Å². The number of fused-ring (bicyclic) bond motifs is 3. The van der Waals surface area contributed by atoms with Gasteiger partial charge in [0, 0.05) is 37.7 Å². The molecule has 1 fully saturated rings. The van der Waals surface area contributed by atoms with Gasteiger partial charge in [0.05, 0.1) is 17.3 Å². The summed E-state index contributed by atoms with van der Waals surface area (Å²) in [4.78, 5) is 18.2. The predicted octanol–water partition coefficient (Wildman–Crippen LogP) is 4.50. The zero-order valence-electron chi connectivity index (χ0n) is 19.1. The second-order valence-electron chi connectivity index (χ2n) is 9.35. The number of hydrogen-bond donors (Lipinski definition) is 1. The molecule has 2 bridgehead atoms. The largest absolute Gasteiger partial charge is 0.309 e. The minimum atomic E-state index is -1.49. The molecule has 1 N–H and O–H groups in total. The number of carbonyl (C=O) groups excluding carboxylic acids is 1. The Morgan fingerprint density at radius 2 is 1.83 bits per heavy atom. The number of halogens is 3. The molecule has 1 saturated heterocycles. The molecule has 35 heavy (non-hydrogen) atoms. The summed E-state index contributed by atoms with van der Waals surface area (Å²) in [6, 6.07) is 8.96. The van der Waals surface area contributed by atoms with E-state index in [2.05, 4.69) is 10.3 Å². The van der Waals surface area contributed by atoms with Crippen LogP contribution in [0.5, 0.6) is 0 Å². The van der Waals surface area contributed by atoms with E-state index in [1.54, 1.807) is 29.2 Å². The smallest absolute Gasteiger partial charge is 0.274 e. The lowest BCUT2D eigenvalue weighted by atomic mass is 9.81. The highest BCUT2D eigenvalue weighted by atomic mass is 19.2. The van der Waals surface area contributed by atoms with Gasteiger partial charge in [-0.05, 0) is 73.2 Å². The number of likely N-dealkylation sites (N-methyl/N-ethyl adjacent to an activating group) is 1. The molecule has 2 aromatic heterocycles. The van der Waals surface area contributed by atoms with Crippen molar-refractivity contribution in [2.45, 2.75) is 43.8 Å². The van der Waals surface area contributed by atoms with Gasteiger partial charge in [-0.3, -0.25) is 4.79 Å². The Labute approximate surface area is 200 Å². The first-order valence-electron chi connectivity index (χ1n) is 11.7. The molecule has 0 aliphatic carbocycles. The highest BCUT2D eigenvalue weighted by molar-refractivity contribution is 5.95. The summed E-state index contributed by atoms with van der Waals surface area (Å²) in [5.41, 5.74) is 2.44. The molecule has 3 aromatic rings. The maximum absolute atomic E-state index is 14.2. The van der Waals surface area contributed by atoms with Crippen molar-refractivity contribution in [3.05, 3.63) is 94.8 Å². The number of aromatic nitrogens is 2. The van der Waals surface area contributed by atoms with Crippen LogP contribution >= 0.6 is 0 Å². The summed E-state index contributed by atoms with van der Waals surface area (Å²) in [6.07, 6.45) is 8.81. The molecular weight excluding hydrogens is 455 g/mol. The average Bonchev–Trinajstić information content (AvgIpc) is 3.49. The normalized spacial score (nSPS) is 24.1. The average molecular weight is 480 g/mol. The van der Waals surface area contributed by atoms with Crippen molar-refractivity contribution in [3.63, 3.8) is 0 Å². The Bertz CT molecular complexity index is 1300. The minimum Gasteiger partial charge on any atom is -0.309 e. The van der Waals surface area contributed by atoms with Gasteiger partial charge in [0.15, 0.2) is 17.5 Å². The third-order valence-electron chi connectivity index (χ3n) is 7.23. The van der Waals surface area contributed by atoms with E-state index < -0.39 is 23.5 Å². The number of pyridine rings is 1. The van der Waals surface area contributed by atoms with Crippen LogP contribution in [0.15, 0.2) is 66.3 Å². The summed E-state index contributed by atoms with van der Waals surface area (Å²) in [6.45, 7) is 0. The molecule has 3 atom stereocenters. The first-order chi connectivity index (χ1) is 16.9. The van der Waals surface area contributed by atoms with Crippen LogP contribution in [-0.4, -0.2) is 44.6 Å². The number of carbonyl (C=O) groups is 1. The number of nitrogens with one attached hydrogen (secondary N) is 1. The van der Waals surface area contributed by atoms with E-state index in [0.717, 1.165) is 42.7 Å². The molecule has 9 heteroatoms. The van der Waals surface area contributed by atoms with Gasteiger partial charge in [-0.15, -0.1) is 0 Å². The molecule has 0 radical (unpaired) electrons. The molecule has 5 heterocycles. The summed E-state index contributed by atoms with van der Waals surface area (Å²) in [5, 5.41) is 6.92. The topological polar surface area (TPSA) is 53.4 Å². The van der Waals surface area contributed by atoms with E-state index in [4.69, 9.17) is 0 Å². The summed E-state index contributed by atoms with van der Waals surface area (Å²) in [5.74, 6) is -3.56.